The van der Waals surface area contributed by atoms with E-state index in [-0.39, 0.29) is 29.4 Å². The molecule has 0 aromatic heterocycles. The van der Waals surface area contributed by atoms with E-state index in [0.717, 1.165) is 5.56 Å². The number of nitriles is 1. The number of sulfonamides is 1. The Morgan fingerprint density at radius 3 is 2.39 bits per heavy atom. The molecule has 8 nitrogen and oxygen atoms in total. The van der Waals surface area contributed by atoms with Gasteiger partial charge in [-0.15, -0.1) is 0 Å². The first-order valence-corrected chi connectivity index (χ1v) is 11.4. The van der Waals surface area contributed by atoms with Crippen LogP contribution in [0.4, 0.5) is 5.69 Å². The van der Waals surface area contributed by atoms with Crippen molar-refractivity contribution in [2.45, 2.75) is 11.4 Å². The van der Waals surface area contributed by atoms with Crippen molar-refractivity contribution < 1.29 is 22.7 Å². The SMILES string of the molecule is COc1ccc(C(=O)Nc2ccc(OCC#N)cc2)cc1S(=O)(=O)N(C)Cc1ccccc1. The first kappa shape index (κ1) is 23.8. The maximum atomic E-state index is 13.3. The lowest BCUT2D eigenvalue weighted by Crippen LogP contribution is -2.27. The largest absolute Gasteiger partial charge is 0.495 e. The van der Waals surface area contributed by atoms with Gasteiger partial charge in [0.25, 0.3) is 5.91 Å². The number of methoxy groups -OCH3 is 1. The Labute approximate surface area is 193 Å². The van der Waals surface area contributed by atoms with Crippen molar-refractivity contribution in [2.75, 3.05) is 26.1 Å². The van der Waals surface area contributed by atoms with Crippen LogP contribution in [0.5, 0.6) is 11.5 Å². The van der Waals surface area contributed by atoms with Gasteiger partial charge in [-0.05, 0) is 48.0 Å². The van der Waals surface area contributed by atoms with E-state index in [0.29, 0.717) is 11.4 Å². The summed E-state index contributed by atoms with van der Waals surface area (Å²) in [5.41, 5.74) is 1.48. The van der Waals surface area contributed by atoms with Gasteiger partial charge in [-0.1, -0.05) is 30.3 Å². The fourth-order valence-corrected chi connectivity index (χ4v) is 4.40. The van der Waals surface area contributed by atoms with Crippen LogP contribution in [-0.4, -0.2) is 39.4 Å². The number of amides is 1. The molecule has 33 heavy (non-hydrogen) atoms. The van der Waals surface area contributed by atoms with Gasteiger partial charge in [-0.3, -0.25) is 4.79 Å². The van der Waals surface area contributed by atoms with E-state index < -0.39 is 15.9 Å². The number of nitrogens with one attached hydrogen (secondary N) is 1. The number of nitrogens with zero attached hydrogens (tertiary/aromatic N) is 2. The van der Waals surface area contributed by atoms with Crippen LogP contribution >= 0.6 is 0 Å². The Morgan fingerprint density at radius 2 is 1.76 bits per heavy atom. The average molecular weight is 466 g/mol. The molecule has 0 unspecified atom stereocenters. The van der Waals surface area contributed by atoms with Crippen LogP contribution < -0.4 is 14.8 Å². The Kier molecular flexibility index (Phi) is 7.66. The van der Waals surface area contributed by atoms with Crippen LogP contribution in [0.1, 0.15) is 15.9 Å². The highest BCUT2D eigenvalue weighted by Gasteiger charge is 2.26. The molecule has 0 fully saturated rings. The zero-order chi connectivity index (χ0) is 23.8. The summed E-state index contributed by atoms with van der Waals surface area (Å²) >= 11 is 0. The number of hydrogen-bond donors (Lipinski definition) is 1. The fourth-order valence-electron chi connectivity index (χ4n) is 3.07. The van der Waals surface area contributed by atoms with Crippen molar-refractivity contribution in [2.24, 2.45) is 0 Å². The standard InChI is InChI=1S/C24H23N3O5S/c1-27(17-18-6-4-3-5-7-18)33(29,30)23-16-19(8-13-22(23)31-2)24(28)26-20-9-11-21(12-10-20)32-15-14-25/h3-13,16H,15,17H2,1-2H3,(H,26,28). The predicted octanol–water partition coefficient (Wildman–Crippen LogP) is 3.67. The first-order valence-electron chi connectivity index (χ1n) is 9.94. The molecule has 170 valence electrons. The molecule has 0 spiro atoms. The summed E-state index contributed by atoms with van der Waals surface area (Å²) in [6.07, 6.45) is 0. The number of anilines is 1. The van der Waals surface area contributed by atoms with Gasteiger partial charge in [0.1, 0.15) is 22.5 Å². The molecule has 0 heterocycles. The van der Waals surface area contributed by atoms with E-state index in [2.05, 4.69) is 5.32 Å². The maximum Gasteiger partial charge on any atom is 0.255 e. The highest BCUT2D eigenvalue weighted by molar-refractivity contribution is 7.89. The molecule has 3 aromatic carbocycles. The summed E-state index contributed by atoms with van der Waals surface area (Å²) in [5, 5.41) is 11.3. The highest BCUT2D eigenvalue weighted by atomic mass is 32.2. The summed E-state index contributed by atoms with van der Waals surface area (Å²) in [7, 11) is -1.08. The smallest absolute Gasteiger partial charge is 0.255 e. The first-order chi connectivity index (χ1) is 15.8. The van der Waals surface area contributed by atoms with Gasteiger partial charge >= 0.3 is 0 Å². The van der Waals surface area contributed by atoms with Crippen LogP contribution in [0.15, 0.2) is 77.7 Å². The van der Waals surface area contributed by atoms with Gasteiger partial charge in [0.2, 0.25) is 10.0 Å². The number of ether oxygens (including phenoxy) is 2. The normalized spacial score (nSPS) is 11.0. The lowest BCUT2D eigenvalue weighted by Gasteiger charge is -2.19. The Bertz CT molecular complexity index is 1250. The van der Waals surface area contributed by atoms with Crippen LogP contribution in [0, 0.1) is 11.3 Å². The Morgan fingerprint density at radius 1 is 1.06 bits per heavy atom. The molecule has 3 aromatic rings. The molecule has 0 aliphatic carbocycles. The third-order valence-electron chi connectivity index (χ3n) is 4.78. The molecule has 3 rings (SSSR count). The predicted molar refractivity (Wildman–Crippen MR) is 124 cm³/mol. The third kappa shape index (κ3) is 5.88. The summed E-state index contributed by atoms with van der Waals surface area (Å²) in [5.74, 6) is 0.157. The minimum atomic E-state index is -3.94. The maximum absolute atomic E-state index is 13.3. The topological polar surface area (TPSA) is 109 Å². The molecule has 0 aliphatic rings. The van der Waals surface area contributed by atoms with E-state index in [1.807, 2.05) is 36.4 Å². The van der Waals surface area contributed by atoms with Crippen LogP contribution in [-0.2, 0) is 16.6 Å². The van der Waals surface area contributed by atoms with Crippen molar-refractivity contribution >= 4 is 21.6 Å². The molecule has 0 aliphatic heterocycles. The van der Waals surface area contributed by atoms with Gasteiger partial charge in [0.05, 0.1) is 7.11 Å². The van der Waals surface area contributed by atoms with Crippen molar-refractivity contribution in [1.29, 1.82) is 5.26 Å². The van der Waals surface area contributed by atoms with E-state index >= 15 is 0 Å². The summed E-state index contributed by atoms with van der Waals surface area (Å²) in [6.45, 7) is 0.0937. The molecular weight excluding hydrogens is 442 g/mol. The van der Waals surface area contributed by atoms with Gasteiger partial charge in [-0.25, -0.2) is 8.42 Å². The number of benzene rings is 3. The van der Waals surface area contributed by atoms with Crippen molar-refractivity contribution in [1.82, 2.24) is 4.31 Å². The second kappa shape index (κ2) is 10.6. The lowest BCUT2D eigenvalue weighted by atomic mass is 10.2. The van der Waals surface area contributed by atoms with E-state index in [1.165, 1.54) is 36.7 Å². The Hall–Kier alpha value is -3.87. The molecular formula is C24H23N3O5S. The van der Waals surface area contributed by atoms with Gasteiger partial charge < -0.3 is 14.8 Å². The van der Waals surface area contributed by atoms with Crippen LogP contribution in [0.25, 0.3) is 0 Å². The second-order valence-corrected chi connectivity index (χ2v) is 9.05. The number of rotatable bonds is 9. The van der Waals surface area contributed by atoms with Gasteiger partial charge in [0, 0.05) is 24.8 Å². The molecule has 0 bridgehead atoms. The fraction of sp³-hybridized carbons (Fsp3) is 0.167. The zero-order valence-corrected chi connectivity index (χ0v) is 19.0. The zero-order valence-electron chi connectivity index (χ0n) is 18.2. The summed E-state index contributed by atoms with van der Waals surface area (Å²) in [6, 6.07) is 21.8. The molecule has 9 heteroatoms. The minimum absolute atomic E-state index is 0.0759. The van der Waals surface area contributed by atoms with Crippen molar-refractivity contribution in [3.63, 3.8) is 0 Å². The number of hydrogen-bond acceptors (Lipinski definition) is 6. The summed E-state index contributed by atoms with van der Waals surface area (Å²) < 4.78 is 38.2. The van der Waals surface area contributed by atoms with Crippen LogP contribution in [0.2, 0.25) is 0 Å². The molecule has 1 amide bonds. The molecule has 0 saturated heterocycles. The third-order valence-corrected chi connectivity index (χ3v) is 6.60. The van der Waals surface area contributed by atoms with Gasteiger partial charge in [-0.2, -0.15) is 9.57 Å². The Balaban J connectivity index is 1.82. The molecule has 0 atom stereocenters. The highest BCUT2D eigenvalue weighted by Crippen LogP contribution is 2.28. The lowest BCUT2D eigenvalue weighted by molar-refractivity contribution is 0.102. The summed E-state index contributed by atoms with van der Waals surface area (Å²) in [4.78, 5) is 12.7. The average Bonchev–Trinajstić information content (AvgIpc) is 2.83. The van der Waals surface area contributed by atoms with E-state index in [1.54, 1.807) is 24.3 Å². The molecule has 0 saturated carbocycles. The van der Waals surface area contributed by atoms with Crippen molar-refractivity contribution in [3.8, 4) is 17.6 Å². The van der Waals surface area contributed by atoms with Crippen molar-refractivity contribution in [3.05, 3.63) is 83.9 Å². The monoisotopic (exact) mass is 465 g/mol. The van der Waals surface area contributed by atoms with Crippen LogP contribution in [0.3, 0.4) is 0 Å². The molecule has 1 N–H and O–H groups in total. The molecule has 0 radical (unpaired) electrons. The second-order valence-electron chi connectivity index (χ2n) is 7.04. The van der Waals surface area contributed by atoms with E-state index in [4.69, 9.17) is 14.7 Å². The van der Waals surface area contributed by atoms with E-state index in [9.17, 15) is 13.2 Å². The van der Waals surface area contributed by atoms with Gasteiger partial charge in [0.15, 0.2) is 6.61 Å². The number of carbonyl (C=O) groups is 1. The minimum Gasteiger partial charge on any atom is -0.495 e. The quantitative estimate of drug-likeness (QED) is 0.517. The number of carbonyl (C=O) groups excluding carboxylic acids is 1.